The van der Waals surface area contributed by atoms with Crippen LogP contribution in [0.2, 0.25) is 0 Å². The third-order valence-corrected chi connectivity index (χ3v) is 6.26. The average molecular weight is 635 g/mol. The van der Waals surface area contributed by atoms with E-state index in [0.717, 1.165) is 55.6 Å². The highest BCUT2D eigenvalue weighted by atomic mass is 15.1. The van der Waals surface area contributed by atoms with Crippen molar-refractivity contribution in [3.05, 3.63) is 140 Å². The molecule has 4 aromatic carbocycles. The van der Waals surface area contributed by atoms with Gasteiger partial charge in [-0.05, 0) is 55.0 Å². The predicted octanol–water partition coefficient (Wildman–Crippen LogP) is 10.9. The van der Waals surface area contributed by atoms with E-state index in [4.69, 9.17) is 22.9 Å². The second-order valence-corrected chi connectivity index (χ2v) is 9.65. The fraction of sp³-hybridized carbons (Fsp3) is 0.220. The SMILES string of the molecule is C=C/C(N)=C\C=C/C.C=C/C=C(\C=C)C1Nc2cccc3c(N)ccc(c23)N1.CC.CC.CCC.Nc1ccc(N)c2ccccc12. The van der Waals surface area contributed by atoms with Crippen molar-refractivity contribution in [3.63, 3.8) is 0 Å². The molecule has 0 aliphatic carbocycles. The summed E-state index contributed by atoms with van der Waals surface area (Å²) in [6.07, 6.45) is 14.0. The first-order chi connectivity index (χ1) is 22.8. The molecule has 0 saturated heterocycles. The van der Waals surface area contributed by atoms with E-state index in [1.807, 2.05) is 120 Å². The maximum Gasteiger partial charge on any atom is 0.123 e. The lowest BCUT2D eigenvalue weighted by molar-refractivity contribution is 0.963. The molecule has 10 N–H and O–H groups in total. The van der Waals surface area contributed by atoms with Crippen LogP contribution in [0.5, 0.6) is 0 Å². The summed E-state index contributed by atoms with van der Waals surface area (Å²) in [5.74, 6) is 0. The Labute approximate surface area is 284 Å². The first kappa shape index (κ1) is 41.6. The smallest absolute Gasteiger partial charge is 0.123 e. The molecule has 47 heavy (non-hydrogen) atoms. The summed E-state index contributed by atoms with van der Waals surface area (Å²) >= 11 is 0. The van der Waals surface area contributed by atoms with Crippen molar-refractivity contribution in [1.29, 1.82) is 0 Å². The van der Waals surface area contributed by atoms with E-state index in [2.05, 4.69) is 50.3 Å². The standard InChI is InChI=1S/C17H17N3.C10H10N2.C7H11N.C3H8.2C2H6/c1-3-6-11(4-2)17-19-14-8-5-7-12-13(18)9-10-15(20-17)16(12)14;11-9-5-6-10(12)8-4-2-1-3-7(8)9;1-3-5-6-7(8)4-2;1-3-2;2*1-2/h3-10,17,19-20H,1-2,18H2;1-6H,11-12H2;3-6H,2,8H2,1H3;3H2,1-2H3;2*1-2H3/b11-6+;;5-3-,7-6+;;;. The van der Waals surface area contributed by atoms with E-state index in [1.54, 1.807) is 18.2 Å². The van der Waals surface area contributed by atoms with Gasteiger partial charge in [0.15, 0.2) is 0 Å². The summed E-state index contributed by atoms with van der Waals surface area (Å²) in [5.41, 5.74) is 29.2. The van der Waals surface area contributed by atoms with Gasteiger partial charge in [0.1, 0.15) is 6.17 Å². The maximum absolute atomic E-state index is 6.04. The Balaban J connectivity index is 0.000000670. The van der Waals surface area contributed by atoms with Gasteiger partial charge in [-0.2, -0.15) is 0 Å². The molecule has 0 spiro atoms. The molecule has 4 aromatic rings. The molecule has 6 nitrogen and oxygen atoms in total. The Hall–Kier alpha value is -5.36. The number of allylic oxidation sites excluding steroid dienone is 6. The minimum absolute atomic E-state index is 0.0211. The minimum atomic E-state index is -0.0211. The molecule has 0 fully saturated rings. The summed E-state index contributed by atoms with van der Waals surface area (Å²) in [7, 11) is 0. The Morgan fingerprint density at radius 2 is 1.15 bits per heavy atom. The second-order valence-electron chi connectivity index (χ2n) is 9.65. The van der Waals surface area contributed by atoms with Crippen LogP contribution in [-0.2, 0) is 0 Å². The molecule has 6 heteroatoms. The van der Waals surface area contributed by atoms with Crippen LogP contribution in [0.4, 0.5) is 28.4 Å². The third-order valence-electron chi connectivity index (χ3n) is 6.26. The van der Waals surface area contributed by atoms with Gasteiger partial charge in [0.2, 0.25) is 0 Å². The van der Waals surface area contributed by atoms with Gasteiger partial charge in [0.05, 0.1) is 0 Å². The number of nitrogens with one attached hydrogen (secondary N) is 2. The van der Waals surface area contributed by atoms with Gasteiger partial charge in [0, 0.05) is 55.7 Å². The predicted molar refractivity (Wildman–Crippen MR) is 217 cm³/mol. The summed E-state index contributed by atoms with van der Waals surface area (Å²) in [6.45, 7) is 25.3. The summed E-state index contributed by atoms with van der Waals surface area (Å²) in [5, 5.41) is 11.2. The highest BCUT2D eigenvalue weighted by Gasteiger charge is 2.21. The molecule has 1 aliphatic rings. The molecule has 0 radical (unpaired) electrons. The Bertz CT molecular complexity index is 1580. The van der Waals surface area contributed by atoms with Crippen molar-refractivity contribution >= 4 is 50.0 Å². The van der Waals surface area contributed by atoms with E-state index < -0.39 is 0 Å². The number of anilines is 5. The molecule has 1 aliphatic heterocycles. The van der Waals surface area contributed by atoms with Crippen LogP contribution in [-0.4, -0.2) is 6.17 Å². The van der Waals surface area contributed by atoms with Gasteiger partial charge in [-0.1, -0.05) is 134 Å². The quantitative estimate of drug-likeness (QED) is 0.0957. The number of nitrogen functional groups attached to an aromatic ring is 3. The highest BCUT2D eigenvalue weighted by molar-refractivity contribution is 6.09. The fourth-order valence-electron chi connectivity index (χ4n) is 4.22. The van der Waals surface area contributed by atoms with Crippen molar-refractivity contribution in [2.75, 3.05) is 27.8 Å². The zero-order valence-corrected chi connectivity index (χ0v) is 29.6. The molecule has 1 unspecified atom stereocenters. The van der Waals surface area contributed by atoms with Crippen LogP contribution in [0.15, 0.2) is 140 Å². The average Bonchev–Trinajstić information content (AvgIpc) is 3.12. The van der Waals surface area contributed by atoms with Gasteiger partial charge in [-0.25, -0.2) is 0 Å². The van der Waals surface area contributed by atoms with Crippen molar-refractivity contribution in [1.82, 2.24) is 0 Å². The molecule has 0 saturated carbocycles. The lowest BCUT2D eigenvalue weighted by Gasteiger charge is -2.30. The lowest BCUT2D eigenvalue weighted by Crippen LogP contribution is -2.33. The minimum Gasteiger partial charge on any atom is -0.399 e. The molecular weight excluding hydrogens is 576 g/mol. The molecule has 5 rings (SSSR count). The van der Waals surface area contributed by atoms with Crippen LogP contribution in [0, 0.1) is 0 Å². The van der Waals surface area contributed by atoms with Crippen LogP contribution in [0.3, 0.4) is 0 Å². The maximum atomic E-state index is 6.04. The van der Waals surface area contributed by atoms with Gasteiger partial charge in [-0.3, -0.25) is 0 Å². The Morgan fingerprint density at radius 1 is 0.681 bits per heavy atom. The van der Waals surface area contributed by atoms with Crippen molar-refractivity contribution < 1.29 is 0 Å². The topological polar surface area (TPSA) is 128 Å². The highest BCUT2D eigenvalue weighted by Crippen LogP contribution is 2.38. The second kappa shape index (κ2) is 23.9. The summed E-state index contributed by atoms with van der Waals surface area (Å²) in [4.78, 5) is 0. The summed E-state index contributed by atoms with van der Waals surface area (Å²) in [6, 6.07) is 21.6. The molecular formula is C41H58N6. The van der Waals surface area contributed by atoms with Gasteiger partial charge < -0.3 is 33.6 Å². The van der Waals surface area contributed by atoms with Gasteiger partial charge in [-0.15, -0.1) is 0 Å². The van der Waals surface area contributed by atoms with Crippen molar-refractivity contribution in [2.24, 2.45) is 5.73 Å². The third kappa shape index (κ3) is 12.9. The number of fused-ring (bicyclic) bond motifs is 1. The molecule has 0 bridgehead atoms. The fourth-order valence-corrected chi connectivity index (χ4v) is 4.22. The normalized spacial score (nSPS) is 12.7. The van der Waals surface area contributed by atoms with Crippen molar-refractivity contribution in [2.45, 2.75) is 61.1 Å². The zero-order valence-electron chi connectivity index (χ0n) is 29.6. The van der Waals surface area contributed by atoms with E-state index in [1.165, 1.54) is 6.42 Å². The van der Waals surface area contributed by atoms with E-state index in [0.29, 0.717) is 5.70 Å². The lowest BCUT2D eigenvalue weighted by atomic mass is 10.0. The van der Waals surface area contributed by atoms with Crippen LogP contribution in [0.1, 0.15) is 54.9 Å². The van der Waals surface area contributed by atoms with E-state index in [9.17, 15) is 0 Å². The molecule has 1 heterocycles. The molecule has 0 aromatic heterocycles. The first-order valence-electron chi connectivity index (χ1n) is 16.3. The number of hydrogen-bond acceptors (Lipinski definition) is 6. The number of benzene rings is 4. The van der Waals surface area contributed by atoms with Crippen LogP contribution >= 0.6 is 0 Å². The number of hydrogen-bond donors (Lipinski definition) is 6. The van der Waals surface area contributed by atoms with Crippen LogP contribution < -0.4 is 33.6 Å². The molecule has 0 amide bonds. The largest absolute Gasteiger partial charge is 0.399 e. The first-order valence-corrected chi connectivity index (χ1v) is 16.3. The van der Waals surface area contributed by atoms with E-state index >= 15 is 0 Å². The van der Waals surface area contributed by atoms with Crippen LogP contribution in [0.25, 0.3) is 21.5 Å². The zero-order chi connectivity index (χ0) is 35.8. The summed E-state index contributed by atoms with van der Waals surface area (Å²) < 4.78 is 0. The van der Waals surface area contributed by atoms with Gasteiger partial charge >= 0.3 is 0 Å². The number of nitrogens with two attached hydrogens (primary N) is 4. The van der Waals surface area contributed by atoms with E-state index in [-0.39, 0.29) is 6.17 Å². The number of rotatable bonds is 5. The molecule has 1 atom stereocenters. The molecule has 252 valence electrons. The monoisotopic (exact) mass is 634 g/mol. The Kier molecular flexibility index (Phi) is 21.2. The van der Waals surface area contributed by atoms with Crippen molar-refractivity contribution in [3.8, 4) is 0 Å². The Morgan fingerprint density at radius 3 is 1.62 bits per heavy atom. The van der Waals surface area contributed by atoms with Gasteiger partial charge in [0.25, 0.3) is 0 Å².